The van der Waals surface area contributed by atoms with Crippen molar-refractivity contribution in [2.45, 2.75) is 64.1 Å². The maximum atomic E-state index is 11.9. The molecule has 2 aromatic heterocycles. The Hall–Kier alpha value is -2.84. The van der Waals surface area contributed by atoms with Crippen molar-refractivity contribution in [1.29, 1.82) is 0 Å². The van der Waals surface area contributed by atoms with Gasteiger partial charge in [-0.2, -0.15) is 10.2 Å². The van der Waals surface area contributed by atoms with E-state index in [-0.39, 0.29) is 18.2 Å². The number of nitrogens with one attached hydrogen (secondary N) is 3. The Balaban J connectivity index is 1.33. The first-order chi connectivity index (χ1) is 13.6. The Morgan fingerprint density at radius 1 is 1.46 bits per heavy atom. The molecule has 0 spiro atoms. The van der Waals surface area contributed by atoms with Crippen molar-refractivity contribution in [3.8, 4) is 0 Å². The van der Waals surface area contributed by atoms with Crippen LogP contribution >= 0.6 is 0 Å². The lowest BCUT2D eigenvalue weighted by molar-refractivity contribution is 0.0974. The summed E-state index contributed by atoms with van der Waals surface area (Å²) in [6.45, 7) is 5.51. The molecule has 3 heterocycles. The van der Waals surface area contributed by atoms with E-state index in [1.807, 2.05) is 30.7 Å². The molecule has 4 rings (SSSR count). The van der Waals surface area contributed by atoms with E-state index in [4.69, 9.17) is 4.74 Å². The van der Waals surface area contributed by atoms with Gasteiger partial charge in [0.25, 0.3) is 0 Å². The van der Waals surface area contributed by atoms with E-state index in [2.05, 4.69) is 30.9 Å². The molecule has 9 heteroatoms. The number of hydrogen-bond donors (Lipinski definition) is 3. The smallest absolute Gasteiger partial charge is 0.407 e. The minimum Gasteiger partial charge on any atom is -0.446 e. The van der Waals surface area contributed by atoms with E-state index < -0.39 is 0 Å². The molecule has 0 aromatic carbocycles. The third-order valence-corrected chi connectivity index (χ3v) is 5.46. The van der Waals surface area contributed by atoms with Crippen molar-refractivity contribution >= 4 is 17.7 Å². The van der Waals surface area contributed by atoms with Crippen LogP contribution in [0.1, 0.15) is 56.8 Å². The second kappa shape index (κ2) is 8.04. The van der Waals surface area contributed by atoms with Gasteiger partial charge in [-0.15, -0.1) is 0 Å². The zero-order valence-electron chi connectivity index (χ0n) is 16.3. The molecule has 28 heavy (non-hydrogen) atoms. The molecule has 150 valence electrons. The highest BCUT2D eigenvalue weighted by Crippen LogP contribution is 2.35. The average molecular weight is 385 g/mol. The van der Waals surface area contributed by atoms with Crippen LogP contribution in [0.15, 0.2) is 23.3 Å². The summed E-state index contributed by atoms with van der Waals surface area (Å²) in [6, 6.07) is 4.09. The number of amidine groups is 1. The molecule has 2 aromatic rings. The Morgan fingerprint density at radius 2 is 2.36 bits per heavy atom. The fourth-order valence-electron chi connectivity index (χ4n) is 3.70. The third-order valence-electron chi connectivity index (χ3n) is 5.46. The Morgan fingerprint density at radius 3 is 3.21 bits per heavy atom. The number of carbonyl (C=O) groups excluding carboxylic acids is 1. The summed E-state index contributed by atoms with van der Waals surface area (Å²) in [6.07, 6.45) is 4.94. The summed E-state index contributed by atoms with van der Waals surface area (Å²) in [5, 5.41) is 17.9. The third kappa shape index (κ3) is 4.02. The molecule has 0 saturated heterocycles. The summed E-state index contributed by atoms with van der Waals surface area (Å²) in [5.41, 5.74) is 2.03. The first-order valence-corrected chi connectivity index (χ1v) is 9.98. The van der Waals surface area contributed by atoms with Crippen LogP contribution in [0.4, 0.5) is 10.6 Å². The van der Waals surface area contributed by atoms with Crippen molar-refractivity contribution < 1.29 is 9.53 Å². The molecule has 1 fully saturated rings. The van der Waals surface area contributed by atoms with Gasteiger partial charge in [0.05, 0.1) is 13.1 Å². The van der Waals surface area contributed by atoms with Gasteiger partial charge in [-0.1, -0.05) is 6.92 Å². The van der Waals surface area contributed by atoms with Crippen LogP contribution in [-0.2, 0) is 11.3 Å². The Labute approximate surface area is 163 Å². The molecule has 9 nitrogen and oxygen atoms in total. The van der Waals surface area contributed by atoms with E-state index in [0.29, 0.717) is 12.5 Å². The fourth-order valence-corrected chi connectivity index (χ4v) is 3.70. The number of aliphatic imine (C=N–C) groups is 1. The van der Waals surface area contributed by atoms with Crippen LogP contribution < -0.4 is 10.6 Å². The number of alkyl carbamates (subject to hydrolysis) is 1. The fraction of sp³-hybridized carbons (Fsp3) is 0.579. The van der Waals surface area contributed by atoms with Gasteiger partial charge in [0.15, 0.2) is 11.7 Å². The van der Waals surface area contributed by atoms with E-state index in [0.717, 1.165) is 55.3 Å². The molecule has 1 aliphatic carbocycles. The number of aromatic amines is 1. The first kappa shape index (κ1) is 18.5. The van der Waals surface area contributed by atoms with Gasteiger partial charge in [0.2, 0.25) is 0 Å². The number of rotatable bonds is 5. The molecule has 1 unspecified atom stereocenters. The highest BCUT2D eigenvalue weighted by atomic mass is 16.6. The second-order valence-corrected chi connectivity index (χ2v) is 7.49. The zero-order valence-corrected chi connectivity index (χ0v) is 16.3. The van der Waals surface area contributed by atoms with Crippen molar-refractivity contribution in [1.82, 2.24) is 25.3 Å². The van der Waals surface area contributed by atoms with Crippen molar-refractivity contribution in [3.05, 3.63) is 29.7 Å². The Kier molecular flexibility index (Phi) is 5.31. The van der Waals surface area contributed by atoms with Crippen LogP contribution in [0, 0.1) is 0 Å². The molecule has 3 N–H and O–H groups in total. The van der Waals surface area contributed by atoms with Crippen LogP contribution in [0.25, 0.3) is 0 Å². The van der Waals surface area contributed by atoms with Crippen molar-refractivity contribution in [3.63, 3.8) is 0 Å². The highest BCUT2D eigenvalue weighted by Gasteiger charge is 2.30. The average Bonchev–Trinajstić information content (AvgIpc) is 3.42. The molecule has 0 bridgehead atoms. The number of fused-ring (bicyclic) bond motifs is 1. The lowest BCUT2D eigenvalue weighted by Crippen LogP contribution is -2.34. The van der Waals surface area contributed by atoms with Gasteiger partial charge in [0.1, 0.15) is 11.8 Å². The van der Waals surface area contributed by atoms with Crippen LogP contribution in [0.5, 0.6) is 0 Å². The summed E-state index contributed by atoms with van der Waals surface area (Å²) >= 11 is 0. The summed E-state index contributed by atoms with van der Waals surface area (Å²) in [4.78, 5) is 16.5. The van der Waals surface area contributed by atoms with Gasteiger partial charge >= 0.3 is 6.09 Å². The van der Waals surface area contributed by atoms with Crippen LogP contribution in [0.3, 0.4) is 0 Å². The van der Waals surface area contributed by atoms with Gasteiger partial charge < -0.3 is 15.4 Å². The normalized spacial score (nSPS) is 22.3. The minimum atomic E-state index is -0.320. The number of H-pyrrole nitrogens is 1. The van der Waals surface area contributed by atoms with Crippen LogP contribution in [-0.4, -0.2) is 50.6 Å². The SMILES string of the molecule is CCC(C)NC(=O)O[C@@H]1CC[C@H](c2cc(NC3=NCCn4nccc43)n[nH]2)C1. The number of amides is 1. The highest BCUT2D eigenvalue weighted by molar-refractivity contribution is 6.07. The first-order valence-electron chi connectivity index (χ1n) is 9.98. The minimum absolute atomic E-state index is 0.0502. The van der Waals surface area contributed by atoms with E-state index >= 15 is 0 Å². The quantitative estimate of drug-likeness (QED) is 0.733. The van der Waals surface area contributed by atoms with Gasteiger partial charge in [0, 0.05) is 29.9 Å². The van der Waals surface area contributed by atoms with Crippen LogP contribution in [0.2, 0.25) is 0 Å². The van der Waals surface area contributed by atoms with Gasteiger partial charge in [-0.3, -0.25) is 14.8 Å². The number of aromatic nitrogens is 4. The van der Waals surface area contributed by atoms with Gasteiger partial charge in [-0.05, 0) is 38.7 Å². The second-order valence-electron chi connectivity index (χ2n) is 7.49. The summed E-state index contributed by atoms with van der Waals surface area (Å²) in [7, 11) is 0. The molecular weight excluding hydrogens is 358 g/mol. The van der Waals surface area contributed by atoms with E-state index in [9.17, 15) is 4.79 Å². The van der Waals surface area contributed by atoms with E-state index in [1.54, 1.807) is 6.20 Å². The molecule has 3 atom stereocenters. The van der Waals surface area contributed by atoms with Gasteiger partial charge in [-0.25, -0.2) is 4.79 Å². The lowest BCUT2D eigenvalue weighted by atomic mass is 10.0. The number of carbonyl (C=O) groups is 1. The molecular formula is C19H27N7O2. The van der Waals surface area contributed by atoms with Crippen molar-refractivity contribution in [2.75, 3.05) is 11.9 Å². The summed E-state index contributed by atoms with van der Waals surface area (Å²) < 4.78 is 7.50. The monoisotopic (exact) mass is 385 g/mol. The number of anilines is 1. The topological polar surface area (TPSA) is 109 Å². The Bertz CT molecular complexity index is 856. The summed E-state index contributed by atoms with van der Waals surface area (Å²) in [5.74, 6) is 1.83. The maximum Gasteiger partial charge on any atom is 0.407 e. The number of ether oxygens (including phenoxy) is 1. The maximum absolute atomic E-state index is 11.9. The lowest BCUT2D eigenvalue weighted by Gasteiger charge is -2.16. The predicted molar refractivity (Wildman–Crippen MR) is 106 cm³/mol. The standard InChI is InChI=1S/C19H27N7O2/c1-3-12(2)22-19(27)28-14-5-4-13(10-14)15-11-17(25-24-15)23-18-16-6-7-21-26(16)9-8-20-18/h6-7,11-14H,3-5,8-10H2,1-2H3,(H,22,27)(H2,20,23,24,25)/t12?,13-,14+/m0/s1. The molecule has 1 amide bonds. The zero-order chi connectivity index (χ0) is 19.5. The number of nitrogens with zero attached hydrogens (tertiary/aromatic N) is 4. The number of hydrogen-bond acceptors (Lipinski definition) is 6. The molecule has 1 aliphatic heterocycles. The largest absolute Gasteiger partial charge is 0.446 e. The predicted octanol–water partition coefficient (Wildman–Crippen LogP) is 2.64. The molecule has 0 radical (unpaired) electrons. The van der Waals surface area contributed by atoms with E-state index in [1.165, 1.54) is 0 Å². The molecule has 2 aliphatic rings. The molecule has 1 saturated carbocycles. The van der Waals surface area contributed by atoms with Crippen molar-refractivity contribution in [2.24, 2.45) is 4.99 Å².